The fraction of sp³-hybridized carbons (Fsp3) is 0.438. The number of thioether (sulfide) groups is 2. The summed E-state index contributed by atoms with van der Waals surface area (Å²) < 4.78 is 0. The molecule has 2 rings (SSSR count). The zero-order chi connectivity index (χ0) is 16.8. The van der Waals surface area contributed by atoms with Crippen molar-refractivity contribution in [2.45, 2.75) is 24.1 Å². The van der Waals surface area contributed by atoms with E-state index in [2.05, 4.69) is 0 Å². The SMILES string of the molecule is CSCC(SC(=O)c1ccccc1)C(=O)N1CCC[C@H]1C(=O)O. The Morgan fingerprint density at radius 2 is 2.00 bits per heavy atom. The third-order valence-corrected chi connectivity index (χ3v) is 5.65. The molecule has 2 atom stereocenters. The Hall–Kier alpha value is -1.47. The van der Waals surface area contributed by atoms with Crippen molar-refractivity contribution in [3.8, 4) is 0 Å². The molecule has 124 valence electrons. The molecular weight excluding hydrogens is 334 g/mol. The normalized spacial score (nSPS) is 18.7. The van der Waals surface area contributed by atoms with Gasteiger partial charge in [0.1, 0.15) is 11.3 Å². The van der Waals surface area contributed by atoms with E-state index in [4.69, 9.17) is 0 Å². The van der Waals surface area contributed by atoms with Crippen LogP contribution in [0.15, 0.2) is 30.3 Å². The van der Waals surface area contributed by atoms with Crippen molar-refractivity contribution < 1.29 is 19.5 Å². The molecule has 1 amide bonds. The molecule has 0 bridgehead atoms. The molecule has 0 aliphatic carbocycles. The molecule has 1 aromatic rings. The first-order chi connectivity index (χ1) is 11.0. The van der Waals surface area contributed by atoms with E-state index in [9.17, 15) is 19.5 Å². The minimum Gasteiger partial charge on any atom is -0.480 e. The molecule has 0 spiro atoms. The van der Waals surface area contributed by atoms with E-state index >= 15 is 0 Å². The molecule has 1 aliphatic rings. The van der Waals surface area contributed by atoms with Crippen molar-refractivity contribution in [2.24, 2.45) is 0 Å². The van der Waals surface area contributed by atoms with Gasteiger partial charge in [-0.15, -0.1) is 0 Å². The van der Waals surface area contributed by atoms with Crippen LogP contribution in [0.1, 0.15) is 23.2 Å². The van der Waals surface area contributed by atoms with Gasteiger partial charge in [-0.3, -0.25) is 9.59 Å². The maximum absolute atomic E-state index is 12.7. The number of carbonyl (C=O) groups is 3. The highest BCUT2D eigenvalue weighted by Crippen LogP contribution is 2.26. The van der Waals surface area contributed by atoms with E-state index in [0.29, 0.717) is 30.7 Å². The molecule has 0 saturated carbocycles. The zero-order valence-corrected chi connectivity index (χ0v) is 14.4. The van der Waals surface area contributed by atoms with E-state index in [1.54, 1.807) is 24.3 Å². The Labute approximate surface area is 143 Å². The van der Waals surface area contributed by atoms with Crippen molar-refractivity contribution in [3.63, 3.8) is 0 Å². The molecule has 1 aromatic carbocycles. The summed E-state index contributed by atoms with van der Waals surface area (Å²) in [7, 11) is 0. The van der Waals surface area contributed by atoms with Crippen molar-refractivity contribution in [1.82, 2.24) is 4.90 Å². The van der Waals surface area contributed by atoms with Gasteiger partial charge in [0, 0.05) is 17.9 Å². The number of hydrogen-bond acceptors (Lipinski definition) is 5. The minimum absolute atomic E-state index is 0.163. The lowest BCUT2D eigenvalue weighted by Gasteiger charge is -2.25. The van der Waals surface area contributed by atoms with Crippen molar-refractivity contribution in [1.29, 1.82) is 0 Å². The van der Waals surface area contributed by atoms with Crippen LogP contribution < -0.4 is 0 Å². The molecule has 0 radical (unpaired) electrons. The van der Waals surface area contributed by atoms with Crippen LogP contribution >= 0.6 is 23.5 Å². The predicted molar refractivity (Wildman–Crippen MR) is 92.9 cm³/mol. The second-order valence-electron chi connectivity index (χ2n) is 5.24. The second-order valence-corrected chi connectivity index (χ2v) is 7.33. The smallest absolute Gasteiger partial charge is 0.326 e. The highest BCUT2D eigenvalue weighted by atomic mass is 32.2. The Balaban J connectivity index is 2.10. The van der Waals surface area contributed by atoms with Crippen molar-refractivity contribution in [3.05, 3.63) is 35.9 Å². The molecule has 7 heteroatoms. The number of nitrogens with zero attached hydrogens (tertiary/aromatic N) is 1. The van der Waals surface area contributed by atoms with Gasteiger partial charge < -0.3 is 10.0 Å². The summed E-state index contributed by atoms with van der Waals surface area (Å²) in [6.45, 7) is 0.445. The topological polar surface area (TPSA) is 74.7 Å². The standard InChI is InChI=1S/C16H19NO4S2/c1-22-10-13(23-16(21)11-6-3-2-4-7-11)14(18)17-9-5-8-12(17)15(19)20/h2-4,6-7,12-13H,5,8-10H2,1H3,(H,19,20)/t12-,13?/m0/s1. The van der Waals surface area contributed by atoms with E-state index in [0.717, 1.165) is 11.8 Å². The third kappa shape index (κ3) is 4.51. The molecule has 1 fully saturated rings. The fourth-order valence-electron chi connectivity index (χ4n) is 2.55. The van der Waals surface area contributed by atoms with Crippen LogP contribution in [0.3, 0.4) is 0 Å². The van der Waals surface area contributed by atoms with Gasteiger partial charge in [-0.05, 0) is 19.1 Å². The predicted octanol–water partition coefficient (Wildman–Crippen LogP) is 2.37. The van der Waals surface area contributed by atoms with Gasteiger partial charge in [0.05, 0.1) is 0 Å². The van der Waals surface area contributed by atoms with Gasteiger partial charge in [0.25, 0.3) is 0 Å². The summed E-state index contributed by atoms with van der Waals surface area (Å²) in [5.41, 5.74) is 0.549. The number of carboxylic acid groups (broad SMARTS) is 1. The summed E-state index contributed by atoms with van der Waals surface area (Å²) in [4.78, 5) is 37.7. The highest BCUT2D eigenvalue weighted by molar-refractivity contribution is 8.16. The zero-order valence-electron chi connectivity index (χ0n) is 12.8. The quantitative estimate of drug-likeness (QED) is 0.846. The molecule has 5 nitrogen and oxygen atoms in total. The van der Waals surface area contributed by atoms with Gasteiger partial charge >= 0.3 is 5.97 Å². The number of carbonyl (C=O) groups excluding carboxylic acids is 2. The van der Waals surface area contributed by atoms with Crippen LogP contribution in [-0.4, -0.2) is 56.8 Å². The number of likely N-dealkylation sites (tertiary alicyclic amines) is 1. The number of benzene rings is 1. The summed E-state index contributed by atoms with van der Waals surface area (Å²) >= 11 is 2.46. The van der Waals surface area contributed by atoms with E-state index in [1.807, 2.05) is 12.3 Å². The van der Waals surface area contributed by atoms with Crippen LogP contribution in [0, 0.1) is 0 Å². The Kier molecular flexibility index (Phi) is 6.53. The van der Waals surface area contributed by atoms with Gasteiger partial charge in [-0.2, -0.15) is 11.8 Å². The van der Waals surface area contributed by atoms with Crippen molar-refractivity contribution in [2.75, 3.05) is 18.6 Å². The maximum atomic E-state index is 12.7. The Bertz CT molecular complexity index is 579. The Morgan fingerprint density at radius 1 is 1.30 bits per heavy atom. The molecule has 23 heavy (non-hydrogen) atoms. The number of hydrogen-bond donors (Lipinski definition) is 1. The van der Waals surface area contributed by atoms with Gasteiger partial charge in [-0.1, -0.05) is 42.1 Å². The first-order valence-corrected chi connectivity index (χ1v) is 9.60. The number of amides is 1. The summed E-state index contributed by atoms with van der Waals surface area (Å²) in [5, 5.41) is 8.51. The summed E-state index contributed by atoms with van der Waals surface area (Å²) in [6, 6.07) is 8.05. The number of rotatable bonds is 6. The fourth-order valence-corrected chi connectivity index (χ4v) is 4.44. The first kappa shape index (κ1) is 17.9. The maximum Gasteiger partial charge on any atom is 0.326 e. The monoisotopic (exact) mass is 353 g/mol. The summed E-state index contributed by atoms with van der Waals surface area (Å²) in [5.74, 6) is -0.748. The molecule has 1 aliphatic heterocycles. The average Bonchev–Trinajstić information content (AvgIpc) is 3.04. The average molecular weight is 353 g/mol. The Morgan fingerprint density at radius 3 is 2.61 bits per heavy atom. The number of carboxylic acids is 1. The first-order valence-electron chi connectivity index (χ1n) is 7.33. The lowest BCUT2D eigenvalue weighted by molar-refractivity contribution is -0.147. The van der Waals surface area contributed by atoms with Crippen LogP contribution in [0.5, 0.6) is 0 Å². The molecule has 0 aromatic heterocycles. The lowest BCUT2D eigenvalue weighted by Crippen LogP contribution is -2.45. The van der Waals surface area contributed by atoms with E-state index in [-0.39, 0.29) is 11.0 Å². The highest BCUT2D eigenvalue weighted by Gasteiger charge is 2.37. The number of aliphatic carboxylic acids is 1. The van der Waals surface area contributed by atoms with Gasteiger partial charge in [-0.25, -0.2) is 4.79 Å². The third-order valence-electron chi connectivity index (χ3n) is 3.67. The molecule has 1 heterocycles. The summed E-state index contributed by atoms with van der Waals surface area (Å²) in [6.07, 6.45) is 3.03. The van der Waals surface area contributed by atoms with E-state index < -0.39 is 17.3 Å². The minimum atomic E-state index is -0.974. The van der Waals surface area contributed by atoms with Gasteiger partial charge in [0.2, 0.25) is 11.0 Å². The molecule has 1 saturated heterocycles. The largest absolute Gasteiger partial charge is 0.480 e. The van der Waals surface area contributed by atoms with Gasteiger partial charge in [0.15, 0.2) is 0 Å². The molecular formula is C16H19NO4S2. The lowest BCUT2D eigenvalue weighted by atomic mass is 10.2. The van der Waals surface area contributed by atoms with Crippen LogP contribution in [-0.2, 0) is 9.59 Å². The van der Waals surface area contributed by atoms with E-state index in [1.165, 1.54) is 16.7 Å². The van der Waals surface area contributed by atoms with Crippen LogP contribution in [0.4, 0.5) is 0 Å². The second kappa shape index (κ2) is 8.40. The van der Waals surface area contributed by atoms with Crippen LogP contribution in [0.2, 0.25) is 0 Å². The van der Waals surface area contributed by atoms with Crippen molar-refractivity contribution >= 4 is 40.5 Å². The molecule has 1 N–H and O–H groups in total. The molecule has 1 unspecified atom stereocenters. The van der Waals surface area contributed by atoms with Crippen LogP contribution in [0.25, 0.3) is 0 Å².